The number of benzene rings is 7. The van der Waals surface area contributed by atoms with E-state index < -0.39 is 0 Å². The fraction of sp³-hybridized carbons (Fsp3) is 0.212. The van der Waals surface area contributed by atoms with Crippen molar-refractivity contribution in [2.75, 3.05) is 4.90 Å². The number of hydrogen-bond donors (Lipinski definition) is 0. The number of nitrogens with zero attached hydrogens (tertiary/aromatic N) is 3. The maximum atomic E-state index is 6.60. The largest absolute Gasteiger partial charge is 0.456 e. The van der Waals surface area contributed by atoms with E-state index in [0.717, 1.165) is 51.8 Å². The lowest BCUT2D eigenvalue weighted by Gasteiger charge is -2.43. The summed E-state index contributed by atoms with van der Waals surface area (Å²) >= 11 is 0. The van der Waals surface area contributed by atoms with Gasteiger partial charge in [-0.25, -0.2) is 4.98 Å². The Hall–Kier alpha value is -6.07. The zero-order valence-electron chi connectivity index (χ0n) is 33.5. The number of hydrogen-bond acceptors (Lipinski definition) is 3. The molecule has 2 aromatic heterocycles. The summed E-state index contributed by atoms with van der Waals surface area (Å²) in [6.07, 6.45) is 4.63. The van der Waals surface area contributed by atoms with Gasteiger partial charge < -0.3 is 9.32 Å². The summed E-state index contributed by atoms with van der Waals surface area (Å²) in [5.74, 6) is 1.05. The average molecular weight is 738 g/mol. The van der Waals surface area contributed by atoms with Crippen molar-refractivity contribution in [3.05, 3.63) is 143 Å². The van der Waals surface area contributed by atoms with Crippen LogP contribution in [0.5, 0.6) is 0 Å². The molecule has 4 heterocycles. The third kappa shape index (κ3) is 4.43. The Balaban J connectivity index is 1.31. The lowest BCUT2D eigenvalue weighted by atomic mass is 9.32. The fourth-order valence-corrected chi connectivity index (χ4v) is 11.0. The minimum absolute atomic E-state index is 0.0402. The summed E-state index contributed by atoms with van der Waals surface area (Å²) in [7, 11) is 0. The van der Waals surface area contributed by atoms with Crippen LogP contribution in [0.25, 0.3) is 60.8 Å². The van der Waals surface area contributed by atoms with Crippen LogP contribution >= 0.6 is 0 Å². The standard InChI is InChI=1S/C52H44BN3O/c1-29-25-41-48-42(26-29)56-50-39(54-51(56)45-30(2)15-13-16-31(45)3)27-32-17-7-8-18-33(32)47(50)53(48)38-28-37(52(4,5)6)34-19-9-10-20-35(34)49(38)55(41)40-22-14-24-44-46(40)36-21-11-12-23-43(36)57-44/h9-16,19-28H,7-8,17-18H2,1-6H3. The lowest BCUT2D eigenvalue weighted by Crippen LogP contribution is -2.62. The summed E-state index contributed by atoms with van der Waals surface area (Å²) in [6, 6.07) is 40.9. The third-order valence-electron chi connectivity index (χ3n) is 13.4. The Labute approximate surface area is 333 Å². The molecule has 3 aliphatic rings. The number of rotatable bonds is 2. The number of imidazole rings is 1. The molecule has 7 aromatic carbocycles. The second kappa shape index (κ2) is 11.5. The Morgan fingerprint density at radius 3 is 2.18 bits per heavy atom. The molecular formula is C52H44BN3O. The van der Waals surface area contributed by atoms with E-state index in [2.05, 4.69) is 160 Å². The van der Waals surface area contributed by atoms with Gasteiger partial charge in [0.25, 0.3) is 6.71 Å². The third-order valence-corrected chi connectivity index (χ3v) is 13.4. The Bertz CT molecular complexity index is 3210. The molecule has 57 heavy (non-hydrogen) atoms. The van der Waals surface area contributed by atoms with E-state index in [1.165, 1.54) is 102 Å². The van der Waals surface area contributed by atoms with Crippen molar-refractivity contribution in [1.82, 2.24) is 9.55 Å². The second-order valence-corrected chi connectivity index (χ2v) is 17.9. The summed E-state index contributed by atoms with van der Waals surface area (Å²) in [4.78, 5) is 8.29. The first kappa shape index (κ1) is 33.1. The van der Waals surface area contributed by atoms with Crippen molar-refractivity contribution in [3.8, 4) is 17.1 Å². The normalized spacial score (nSPS) is 14.5. The topological polar surface area (TPSA) is 34.2 Å². The molecule has 0 spiro atoms. The van der Waals surface area contributed by atoms with Crippen LogP contribution in [0.3, 0.4) is 0 Å². The van der Waals surface area contributed by atoms with Gasteiger partial charge in [-0.15, -0.1) is 0 Å². The van der Waals surface area contributed by atoms with Crippen LogP contribution < -0.4 is 21.3 Å². The number of aromatic nitrogens is 2. The highest BCUT2D eigenvalue weighted by Crippen LogP contribution is 2.49. The minimum Gasteiger partial charge on any atom is -0.456 e. The first-order valence-corrected chi connectivity index (χ1v) is 20.7. The van der Waals surface area contributed by atoms with E-state index in [-0.39, 0.29) is 12.1 Å². The minimum atomic E-state index is -0.0754. The molecule has 0 radical (unpaired) electrons. The van der Waals surface area contributed by atoms with Crippen LogP contribution in [0.1, 0.15) is 67.0 Å². The second-order valence-electron chi connectivity index (χ2n) is 17.9. The van der Waals surface area contributed by atoms with Gasteiger partial charge in [0.15, 0.2) is 0 Å². The van der Waals surface area contributed by atoms with E-state index in [0.29, 0.717) is 0 Å². The first-order chi connectivity index (χ1) is 27.7. The summed E-state index contributed by atoms with van der Waals surface area (Å²) < 4.78 is 9.17. The molecular weight excluding hydrogens is 693 g/mol. The molecule has 5 heteroatoms. The van der Waals surface area contributed by atoms with Gasteiger partial charge in [-0.2, -0.15) is 0 Å². The zero-order valence-corrected chi connectivity index (χ0v) is 33.5. The van der Waals surface area contributed by atoms with Gasteiger partial charge >= 0.3 is 0 Å². The maximum absolute atomic E-state index is 6.60. The van der Waals surface area contributed by atoms with E-state index in [1.54, 1.807) is 0 Å². The maximum Gasteiger partial charge on any atom is 0.252 e. The number of furan rings is 1. The predicted molar refractivity (Wildman–Crippen MR) is 240 cm³/mol. The molecule has 0 bridgehead atoms. The first-order valence-electron chi connectivity index (χ1n) is 20.7. The molecule has 4 nitrogen and oxygen atoms in total. The van der Waals surface area contributed by atoms with Crippen LogP contribution in [-0.2, 0) is 18.3 Å². The highest BCUT2D eigenvalue weighted by molar-refractivity contribution is 7.00. The van der Waals surface area contributed by atoms with Crippen LogP contribution in [0, 0.1) is 20.8 Å². The van der Waals surface area contributed by atoms with Crippen molar-refractivity contribution >= 4 is 83.9 Å². The SMILES string of the molecule is Cc1cc2c3c(c1)-n1c(-c4c(C)cccc4C)nc4cc5c(c(c41)B3c1cc(C(C)(C)C)c3ccccc3c1N2c1cccc2oc3ccccc3c12)CCCC5. The zero-order chi connectivity index (χ0) is 38.5. The number of para-hydroxylation sites is 1. The molecule has 0 saturated carbocycles. The van der Waals surface area contributed by atoms with Gasteiger partial charge in [-0.3, -0.25) is 4.57 Å². The van der Waals surface area contributed by atoms with Crippen molar-refractivity contribution in [2.45, 2.75) is 72.6 Å². The van der Waals surface area contributed by atoms with Crippen molar-refractivity contribution in [1.29, 1.82) is 0 Å². The van der Waals surface area contributed by atoms with Gasteiger partial charge in [-0.1, -0.05) is 93.6 Å². The molecule has 12 rings (SSSR count). The van der Waals surface area contributed by atoms with Crippen molar-refractivity contribution in [2.24, 2.45) is 0 Å². The van der Waals surface area contributed by atoms with Crippen molar-refractivity contribution < 1.29 is 4.42 Å². The molecule has 1 aliphatic carbocycles. The quantitative estimate of drug-likeness (QED) is 0.166. The van der Waals surface area contributed by atoms with Gasteiger partial charge in [-0.05, 0) is 143 Å². The lowest BCUT2D eigenvalue weighted by molar-refractivity contribution is 0.596. The van der Waals surface area contributed by atoms with Crippen LogP contribution in [0.15, 0.2) is 114 Å². The average Bonchev–Trinajstić information content (AvgIpc) is 3.77. The van der Waals surface area contributed by atoms with Crippen LogP contribution in [-0.4, -0.2) is 16.3 Å². The van der Waals surface area contributed by atoms with Gasteiger partial charge in [0, 0.05) is 33.4 Å². The molecule has 9 aromatic rings. The molecule has 0 saturated heterocycles. The molecule has 0 unspecified atom stereocenters. The monoisotopic (exact) mass is 737 g/mol. The van der Waals surface area contributed by atoms with E-state index >= 15 is 0 Å². The van der Waals surface area contributed by atoms with E-state index in [1.807, 2.05) is 0 Å². The van der Waals surface area contributed by atoms with Crippen molar-refractivity contribution in [3.63, 3.8) is 0 Å². The predicted octanol–water partition coefficient (Wildman–Crippen LogP) is 11.5. The Morgan fingerprint density at radius 1 is 0.667 bits per heavy atom. The Morgan fingerprint density at radius 2 is 1.37 bits per heavy atom. The molecule has 2 aliphatic heterocycles. The summed E-state index contributed by atoms with van der Waals surface area (Å²) in [5.41, 5.74) is 22.6. The van der Waals surface area contributed by atoms with Crippen LogP contribution in [0.2, 0.25) is 0 Å². The van der Waals surface area contributed by atoms with Gasteiger partial charge in [0.1, 0.15) is 17.0 Å². The molecule has 0 fully saturated rings. The molecule has 0 atom stereocenters. The van der Waals surface area contributed by atoms with E-state index in [4.69, 9.17) is 9.40 Å². The molecule has 0 N–H and O–H groups in total. The smallest absolute Gasteiger partial charge is 0.252 e. The summed E-state index contributed by atoms with van der Waals surface area (Å²) in [6.45, 7) is 13.9. The van der Waals surface area contributed by atoms with Crippen LogP contribution in [0.4, 0.5) is 17.1 Å². The number of aryl methyl sites for hydroxylation is 4. The summed E-state index contributed by atoms with van der Waals surface area (Å²) in [5, 5.41) is 4.88. The number of fused-ring (bicyclic) bond motifs is 11. The number of anilines is 3. The molecule has 276 valence electrons. The highest BCUT2D eigenvalue weighted by Gasteiger charge is 2.46. The van der Waals surface area contributed by atoms with E-state index in [9.17, 15) is 0 Å². The van der Waals surface area contributed by atoms with Gasteiger partial charge in [0.2, 0.25) is 0 Å². The van der Waals surface area contributed by atoms with Gasteiger partial charge in [0.05, 0.1) is 22.1 Å². The Kier molecular flexibility index (Phi) is 6.68. The molecule has 0 amide bonds. The fourth-order valence-electron chi connectivity index (χ4n) is 11.0. The highest BCUT2D eigenvalue weighted by atomic mass is 16.3.